The molecule has 8 heteroatoms. The van der Waals surface area contributed by atoms with E-state index in [0.29, 0.717) is 25.5 Å². The highest BCUT2D eigenvalue weighted by atomic mass is 16.5. The summed E-state index contributed by atoms with van der Waals surface area (Å²) in [6.07, 6.45) is 6.24. The number of anilines is 1. The number of nitrogens with zero attached hydrogens (tertiary/aromatic N) is 5. The molecule has 0 unspecified atom stereocenters. The number of aromatic nitrogens is 4. The third-order valence-corrected chi connectivity index (χ3v) is 3.66. The van der Waals surface area contributed by atoms with Gasteiger partial charge in [0.15, 0.2) is 11.5 Å². The molecule has 0 spiro atoms. The Morgan fingerprint density at radius 2 is 2.13 bits per heavy atom. The van der Waals surface area contributed by atoms with Crippen LogP contribution in [0, 0.1) is 0 Å². The average Bonchev–Trinajstić information content (AvgIpc) is 3.13. The lowest BCUT2D eigenvalue weighted by atomic mass is 10.3. The fourth-order valence-electron chi connectivity index (χ4n) is 2.38. The van der Waals surface area contributed by atoms with E-state index >= 15 is 0 Å². The van der Waals surface area contributed by atoms with Gasteiger partial charge in [-0.05, 0) is 18.6 Å². The fraction of sp³-hybridized carbons (Fsp3) is 0.467. The van der Waals surface area contributed by atoms with Crippen LogP contribution in [0.1, 0.15) is 16.9 Å². The maximum atomic E-state index is 12.0. The van der Waals surface area contributed by atoms with Crippen molar-refractivity contribution in [1.82, 2.24) is 25.1 Å². The van der Waals surface area contributed by atoms with Gasteiger partial charge < -0.3 is 19.5 Å². The molecule has 1 saturated heterocycles. The lowest BCUT2D eigenvalue weighted by Gasteiger charge is -2.27. The number of nitrogens with one attached hydrogen (secondary N) is 1. The smallest absolute Gasteiger partial charge is 0.271 e. The molecule has 1 N–H and O–H groups in total. The first-order valence-corrected chi connectivity index (χ1v) is 7.73. The summed E-state index contributed by atoms with van der Waals surface area (Å²) in [4.78, 5) is 18.1. The Morgan fingerprint density at radius 3 is 2.83 bits per heavy atom. The molecule has 2 aromatic heterocycles. The Morgan fingerprint density at radius 1 is 1.26 bits per heavy atom. The third kappa shape index (κ3) is 4.26. The van der Waals surface area contributed by atoms with Crippen molar-refractivity contribution in [1.29, 1.82) is 0 Å². The van der Waals surface area contributed by atoms with Crippen molar-refractivity contribution in [2.24, 2.45) is 0 Å². The van der Waals surface area contributed by atoms with Crippen LogP contribution in [0.3, 0.4) is 0 Å². The average molecular weight is 316 g/mol. The summed E-state index contributed by atoms with van der Waals surface area (Å²) >= 11 is 0. The number of imidazole rings is 1. The molecule has 3 heterocycles. The summed E-state index contributed by atoms with van der Waals surface area (Å²) in [5.41, 5.74) is 0.338. The Labute approximate surface area is 134 Å². The summed E-state index contributed by atoms with van der Waals surface area (Å²) in [5.74, 6) is 0.585. The second-order valence-corrected chi connectivity index (χ2v) is 5.29. The highest BCUT2D eigenvalue weighted by molar-refractivity contribution is 5.92. The van der Waals surface area contributed by atoms with Crippen LogP contribution in [-0.4, -0.2) is 58.5 Å². The fourth-order valence-corrected chi connectivity index (χ4v) is 2.38. The second kappa shape index (κ2) is 7.68. The van der Waals surface area contributed by atoms with Crippen LogP contribution >= 0.6 is 0 Å². The van der Waals surface area contributed by atoms with Gasteiger partial charge in [-0.15, -0.1) is 10.2 Å². The molecule has 2 aromatic rings. The number of carbonyl (C=O) groups is 1. The maximum Gasteiger partial charge on any atom is 0.271 e. The van der Waals surface area contributed by atoms with Gasteiger partial charge in [-0.1, -0.05) is 0 Å². The first-order valence-electron chi connectivity index (χ1n) is 7.73. The molecule has 0 saturated carbocycles. The van der Waals surface area contributed by atoms with E-state index in [2.05, 4.69) is 25.4 Å². The molecule has 1 aliphatic heterocycles. The molecule has 122 valence electrons. The zero-order valence-corrected chi connectivity index (χ0v) is 12.9. The molecule has 3 rings (SSSR count). The van der Waals surface area contributed by atoms with Crippen LogP contribution in [0.25, 0.3) is 0 Å². The minimum absolute atomic E-state index is 0.198. The van der Waals surface area contributed by atoms with E-state index in [1.807, 2.05) is 16.8 Å². The Hall–Kier alpha value is -2.48. The largest absolute Gasteiger partial charge is 0.378 e. The second-order valence-electron chi connectivity index (χ2n) is 5.29. The quantitative estimate of drug-likeness (QED) is 0.773. The minimum Gasteiger partial charge on any atom is -0.378 e. The van der Waals surface area contributed by atoms with Crippen molar-refractivity contribution in [2.45, 2.75) is 13.0 Å². The van der Waals surface area contributed by atoms with Crippen molar-refractivity contribution in [3.63, 3.8) is 0 Å². The van der Waals surface area contributed by atoms with Crippen LogP contribution in [0.2, 0.25) is 0 Å². The van der Waals surface area contributed by atoms with E-state index in [-0.39, 0.29) is 5.91 Å². The number of ether oxygens (including phenoxy) is 1. The predicted molar refractivity (Wildman–Crippen MR) is 84.2 cm³/mol. The van der Waals surface area contributed by atoms with E-state index in [9.17, 15) is 4.79 Å². The normalized spacial score (nSPS) is 14.7. The Kier molecular flexibility index (Phi) is 5.15. The summed E-state index contributed by atoms with van der Waals surface area (Å²) in [6.45, 7) is 4.40. The van der Waals surface area contributed by atoms with Crippen LogP contribution < -0.4 is 10.2 Å². The van der Waals surface area contributed by atoms with Crippen LogP contribution in [0.15, 0.2) is 30.9 Å². The van der Waals surface area contributed by atoms with E-state index < -0.39 is 0 Å². The van der Waals surface area contributed by atoms with Gasteiger partial charge in [-0.25, -0.2) is 4.98 Å². The topological polar surface area (TPSA) is 85.2 Å². The number of hydrogen-bond donors (Lipinski definition) is 1. The number of carbonyl (C=O) groups excluding carboxylic acids is 1. The molecule has 0 radical (unpaired) electrons. The molecule has 0 aliphatic carbocycles. The summed E-state index contributed by atoms with van der Waals surface area (Å²) in [7, 11) is 0. The van der Waals surface area contributed by atoms with Crippen molar-refractivity contribution in [2.75, 3.05) is 37.7 Å². The summed E-state index contributed by atoms with van der Waals surface area (Å²) in [6, 6.07) is 3.54. The SMILES string of the molecule is O=C(NCCCn1ccnc1)c1ccc(N2CCOCC2)nn1. The van der Waals surface area contributed by atoms with Crippen molar-refractivity contribution >= 4 is 11.7 Å². The third-order valence-electron chi connectivity index (χ3n) is 3.66. The van der Waals surface area contributed by atoms with Crippen molar-refractivity contribution in [3.05, 3.63) is 36.5 Å². The van der Waals surface area contributed by atoms with E-state index in [0.717, 1.165) is 31.9 Å². The molecular weight excluding hydrogens is 296 g/mol. The standard InChI is InChI=1S/C15H20N6O2/c22-15(17-4-1-6-20-7-5-16-12-20)13-2-3-14(19-18-13)21-8-10-23-11-9-21/h2-3,5,7,12H,1,4,6,8-11H2,(H,17,22). The minimum atomic E-state index is -0.198. The highest BCUT2D eigenvalue weighted by Crippen LogP contribution is 2.11. The molecule has 0 bridgehead atoms. The van der Waals surface area contributed by atoms with E-state index in [4.69, 9.17) is 4.74 Å². The molecule has 8 nitrogen and oxygen atoms in total. The number of morpholine rings is 1. The van der Waals surface area contributed by atoms with Crippen LogP contribution in [0.4, 0.5) is 5.82 Å². The number of rotatable bonds is 6. The lowest BCUT2D eigenvalue weighted by Crippen LogP contribution is -2.37. The zero-order chi connectivity index (χ0) is 15.9. The van der Waals surface area contributed by atoms with Gasteiger partial charge in [0.25, 0.3) is 5.91 Å². The lowest BCUT2D eigenvalue weighted by molar-refractivity contribution is 0.0946. The predicted octanol–water partition coefficient (Wildman–Crippen LogP) is 0.330. The van der Waals surface area contributed by atoms with Gasteiger partial charge in [-0.2, -0.15) is 0 Å². The number of hydrogen-bond acceptors (Lipinski definition) is 6. The van der Waals surface area contributed by atoms with E-state index in [1.165, 1.54) is 0 Å². The van der Waals surface area contributed by atoms with Gasteiger partial charge in [-0.3, -0.25) is 4.79 Å². The van der Waals surface area contributed by atoms with Crippen molar-refractivity contribution < 1.29 is 9.53 Å². The van der Waals surface area contributed by atoms with Crippen LogP contribution in [0.5, 0.6) is 0 Å². The van der Waals surface area contributed by atoms with Gasteiger partial charge in [0.1, 0.15) is 0 Å². The molecular formula is C15H20N6O2. The van der Waals surface area contributed by atoms with Gasteiger partial charge in [0.05, 0.1) is 19.5 Å². The van der Waals surface area contributed by atoms with E-state index in [1.54, 1.807) is 18.6 Å². The summed E-state index contributed by atoms with van der Waals surface area (Å²) < 4.78 is 7.28. The first kappa shape index (κ1) is 15.4. The zero-order valence-electron chi connectivity index (χ0n) is 12.9. The van der Waals surface area contributed by atoms with Gasteiger partial charge >= 0.3 is 0 Å². The van der Waals surface area contributed by atoms with Gasteiger partial charge in [0.2, 0.25) is 0 Å². The highest BCUT2D eigenvalue weighted by Gasteiger charge is 2.14. The molecule has 1 fully saturated rings. The Bertz CT molecular complexity index is 607. The molecule has 1 amide bonds. The summed E-state index contributed by atoms with van der Waals surface area (Å²) in [5, 5.41) is 11.0. The first-order chi connectivity index (χ1) is 11.3. The molecule has 0 atom stereocenters. The molecule has 1 aliphatic rings. The van der Waals surface area contributed by atoms with Crippen LogP contribution in [-0.2, 0) is 11.3 Å². The van der Waals surface area contributed by atoms with Gasteiger partial charge in [0, 0.05) is 38.6 Å². The molecule has 23 heavy (non-hydrogen) atoms. The number of amides is 1. The number of aryl methyl sites for hydroxylation is 1. The maximum absolute atomic E-state index is 12.0. The Balaban J connectivity index is 1.45. The monoisotopic (exact) mass is 316 g/mol. The van der Waals surface area contributed by atoms with Crippen molar-refractivity contribution in [3.8, 4) is 0 Å². The molecule has 0 aromatic carbocycles.